The van der Waals surface area contributed by atoms with E-state index in [9.17, 15) is 13.6 Å². The van der Waals surface area contributed by atoms with Crippen molar-refractivity contribution in [2.75, 3.05) is 38.8 Å². The number of methoxy groups -OCH3 is 2. The van der Waals surface area contributed by atoms with Gasteiger partial charge in [-0.15, -0.1) is 24.8 Å². The second kappa shape index (κ2) is 9.61. The van der Waals surface area contributed by atoms with Crippen molar-refractivity contribution in [2.24, 2.45) is 0 Å². The number of ether oxygens (including phenoxy) is 2. The highest BCUT2D eigenvalue weighted by molar-refractivity contribution is 5.85. The molecule has 2 unspecified atom stereocenters. The maximum atomic E-state index is 13.2. The van der Waals surface area contributed by atoms with Crippen molar-refractivity contribution in [3.05, 3.63) is 18.2 Å². The number of alkyl halides is 2. The van der Waals surface area contributed by atoms with Gasteiger partial charge < -0.3 is 19.7 Å². The monoisotopic (exact) mass is 427 g/mol. The van der Waals surface area contributed by atoms with Crippen LogP contribution in [-0.4, -0.2) is 57.8 Å². The van der Waals surface area contributed by atoms with E-state index in [-0.39, 0.29) is 36.8 Å². The summed E-state index contributed by atoms with van der Waals surface area (Å²) in [5.74, 6) is -1.77. The number of nitrogens with zero attached hydrogens (tertiary/aromatic N) is 1. The quantitative estimate of drug-likeness (QED) is 0.754. The predicted octanol–water partition coefficient (Wildman–Crippen LogP) is 2.24. The van der Waals surface area contributed by atoms with Crippen LogP contribution in [0.15, 0.2) is 18.2 Å². The minimum absolute atomic E-state index is 0. The van der Waals surface area contributed by atoms with Gasteiger partial charge in [-0.2, -0.15) is 0 Å². The first kappa shape index (κ1) is 23.5. The third-order valence-corrected chi connectivity index (χ3v) is 4.66. The molecule has 2 heterocycles. The topological polar surface area (TPSA) is 62.8 Å². The molecular weight excluding hydrogens is 403 g/mol. The van der Waals surface area contributed by atoms with Crippen LogP contribution in [0.3, 0.4) is 0 Å². The first-order chi connectivity index (χ1) is 11.9. The fourth-order valence-electron chi connectivity index (χ4n) is 3.29. The van der Waals surface area contributed by atoms with Crippen LogP contribution in [-0.2, 0) is 4.79 Å². The molecule has 2 aliphatic rings. The van der Waals surface area contributed by atoms with Crippen molar-refractivity contribution in [2.45, 2.75) is 30.8 Å². The average Bonchev–Trinajstić information content (AvgIpc) is 3.20. The zero-order valence-electron chi connectivity index (χ0n) is 15.2. The Morgan fingerprint density at radius 2 is 1.85 bits per heavy atom. The molecule has 1 aromatic rings. The number of anilines is 1. The molecule has 2 saturated heterocycles. The van der Waals surface area contributed by atoms with Gasteiger partial charge in [0, 0.05) is 49.4 Å². The zero-order chi connectivity index (χ0) is 18.0. The molecule has 2 atom stereocenters. The van der Waals surface area contributed by atoms with Gasteiger partial charge in [0.05, 0.1) is 26.8 Å². The Morgan fingerprint density at radius 1 is 1.22 bits per heavy atom. The van der Waals surface area contributed by atoms with Gasteiger partial charge in [-0.1, -0.05) is 0 Å². The van der Waals surface area contributed by atoms with E-state index in [4.69, 9.17) is 9.47 Å². The number of amides is 1. The van der Waals surface area contributed by atoms with Crippen molar-refractivity contribution in [1.29, 1.82) is 0 Å². The van der Waals surface area contributed by atoms with E-state index >= 15 is 0 Å². The molecule has 6 nitrogen and oxygen atoms in total. The molecule has 3 rings (SSSR count). The SMILES string of the molecule is COc1cc(OC)cc(N2CCC(NC(=O)C3CC(F)(F)CN3)C2)c1.Cl.Cl. The maximum Gasteiger partial charge on any atom is 0.262 e. The highest BCUT2D eigenvalue weighted by Gasteiger charge is 2.42. The van der Waals surface area contributed by atoms with Gasteiger partial charge in [0.25, 0.3) is 5.92 Å². The summed E-state index contributed by atoms with van der Waals surface area (Å²) in [4.78, 5) is 14.3. The molecule has 0 spiro atoms. The van der Waals surface area contributed by atoms with Crippen molar-refractivity contribution >= 4 is 36.4 Å². The summed E-state index contributed by atoms with van der Waals surface area (Å²) in [6, 6.07) is 4.73. The standard InChI is InChI=1S/C17H23F2N3O3.2ClH/c1-24-13-5-12(6-14(7-13)25-2)22-4-3-11(9-22)21-16(23)15-8-17(18,19)10-20-15;;/h5-7,11,15,20H,3-4,8-10H2,1-2H3,(H,21,23);2*1H. The number of halogens is 4. The molecule has 2 aliphatic heterocycles. The first-order valence-electron chi connectivity index (χ1n) is 8.30. The normalized spacial score (nSPS) is 23.2. The molecule has 2 N–H and O–H groups in total. The smallest absolute Gasteiger partial charge is 0.262 e. The van der Waals surface area contributed by atoms with Crippen LogP contribution < -0.4 is 25.0 Å². The second-order valence-corrected chi connectivity index (χ2v) is 6.50. The molecule has 27 heavy (non-hydrogen) atoms. The molecule has 0 aromatic heterocycles. The summed E-state index contributed by atoms with van der Waals surface area (Å²) < 4.78 is 37.0. The molecule has 154 valence electrons. The van der Waals surface area contributed by atoms with E-state index in [0.29, 0.717) is 18.0 Å². The fraction of sp³-hybridized carbons (Fsp3) is 0.588. The van der Waals surface area contributed by atoms with E-state index in [2.05, 4.69) is 15.5 Å². The number of carbonyl (C=O) groups is 1. The van der Waals surface area contributed by atoms with Gasteiger partial charge in [0.1, 0.15) is 11.5 Å². The van der Waals surface area contributed by atoms with Crippen molar-refractivity contribution in [1.82, 2.24) is 10.6 Å². The van der Waals surface area contributed by atoms with E-state index in [1.54, 1.807) is 20.3 Å². The Labute approximate surface area is 169 Å². The number of rotatable bonds is 5. The minimum atomic E-state index is -2.80. The molecule has 1 amide bonds. The highest BCUT2D eigenvalue weighted by Crippen LogP contribution is 2.30. The molecule has 0 bridgehead atoms. The lowest BCUT2D eigenvalue weighted by Crippen LogP contribution is -2.46. The van der Waals surface area contributed by atoms with Gasteiger partial charge in [-0.25, -0.2) is 8.78 Å². The largest absolute Gasteiger partial charge is 0.497 e. The lowest BCUT2D eigenvalue weighted by Gasteiger charge is -2.21. The molecule has 1 aromatic carbocycles. The van der Waals surface area contributed by atoms with Crippen LogP contribution in [0, 0.1) is 0 Å². The summed E-state index contributed by atoms with van der Waals surface area (Å²) in [5.41, 5.74) is 0.943. The maximum absolute atomic E-state index is 13.2. The van der Waals surface area contributed by atoms with E-state index in [0.717, 1.165) is 18.7 Å². The van der Waals surface area contributed by atoms with Crippen LogP contribution in [0.25, 0.3) is 0 Å². The van der Waals surface area contributed by atoms with Crippen molar-refractivity contribution in [3.63, 3.8) is 0 Å². The number of carbonyl (C=O) groups excluding carboxylic acids is 1. The van der Waals surface area contributed by atoms with Gasteiger partial charge in [0.15, 0.2) is 0 Å². The molecule has 0 aliphatic carbocycles. The Bertz CT molecular complexity index is 630. The van der Waals surface area contributed by atoms with Gasteiger partial charge >= 0.3 is 0 Å². The van der Waals surface area contributed by atoms with Crippen LogP contribution in [0.4, 0.5) is 14.5 Å². The van der Waals surface area contributed by atoms with Crippen molar-refractivity contribution in [3.8, 4) is 11.5 Å². The van der Waals surface area contributed by atoms with Crippen molar-refractivity contribution < 1.29 is 23.0 Å². The van der Waals surface area contributed by atoms with E-state index < -0.39 is 24.9 Å². The number of hydrogen-bond donors (Lipinski definition) is 2. The molecule has 0 radical (unpaired) electrons. The minimum Gasteiger partial charge on any atom is -0.497 e. The fourth-order valence-corrected chi connectivity index (χ4v) is 3.29. The lowest BCUT2D eigenvalue weighted by atomic mass is 10.1. The Hall–Kier alpha value is -1.51. The third-order valence-electron chi connectivity index (χ3n) is 4.66. The summed E-state index contributed by atoms with van der Waals surface area (Å²) in [7, 11) is 3.19. The van der Waals surface area contributed by atoms with Crippen LogP contribution in [0.2, 0.25) is 0 Å². The van der Waals surface area contributed by atoms with Crippen LogP contribution in [0.5, 0.6) is 11.5 Å². The molecule has 10 heteroatoms. The summed E-state index contributed by atoms with van der Waals surface area (Å²) in [6.07, 6.45) is 0.316. The molecule has 2 fully saturated rings. The highest BCUT2D eigenvalue weighted by atomic mass is 35.5. The zero-order valence-corrected chi connectivity index (χ0v) is 16.8. The lowest BCUT2D eigenvalue weighted by molar-refractivity contribution is -0.124. The number of hydrogen-bond acceptors (Lipinski definition) is 5. The van der Waals surface area contributed by atoms with Crippen LogP contribution >= 0.6 is 24.8 Å². The van der Waals surface area contributed by atoms with E-state index in [1.807, 2.05) is 12.1 Å². The van der Waals surface area contributed by atoms with E-state index in [1.165, 1.54) is 0 Å². The Morgan fingerprint density at radius 3 is 2.37 bits per heavy atom. The molecule has 0 saturated carbocycles. The Balaban J connectivity index is 0.00000182. The number of nitrogens with one attached hydrogen (secondary N) is 2. The Kier molecular flexibility index (Phi) is 8.38. The van der Waals surface area contributed by atoms with Gasteiger partial charge in [0.2, 0.25) is 5.91 Å². The van der Waals surface area contributed by atoms with Gasteiger partial charge in [-0.3, -0.25) is 10.1 Å². The van der Waals surface area contributed by atoms with Gasteiger partial charge in [-0.05, 0) is 6.42 Å². The summed E-state index contributed by atoms with van der Waals surface area (Å²) >= 11 is 0. The average molecular weight is 428 g/mol. The third kappa shape index (κ3) is 5.73. The first-order valence-corrected chi connectivity index (χ1v) is 8.30. The summed E-state index contributed by atoms with van der Waals surface area (Å²) in [5, 5.41) is 5.46. The summed E-state index contributed by atoms with van der Waals surface area (Å²) in [6.45, 7) is 0.937. The number of benzene rings is 1. The predicted molar refractivity (Wildman–Crippen MR) is 104 cm³/mol. The van der Waals surface area contributed by atoms with Crippen LogP contribution in [0.1, 0.15) is 12.8 Å². The second-order valence-electron chi connectivity index (χ2n) is 6.50. The molecular formula is C17H25Cl2F2N3O3.